The van der Waals surface area contributed by atoms with E-state index in [9.17, 15) is 5.11 Å². The molecule has 0 amide bonds. The maximum atomic E-state index is 9.32. The molecule has 0 atom stereocenters. The van der Waals surface area contributed by atoms with Crippen LogP contribution < -0.4 is 4.74 Å². The number of nitrogens with zero attached hydrogens (tertiary/aromatic N) is 2. The highest BCUT2D eigenvalue weighted by atomic mass is 16.5. The van der Waals surface area contributed by atoms with Gasteiger partial charge in [-0.05, 0) is 39.7 Å². The van der Waals surface area contributed by atoms with Crippen LogP contribution in [0.25, 0.3) is 0 Å². The standard InChI is InChI=1S/C15H24N2O2/c1-10-7-16-14(11(2)15(10)19-4)9-17(3)8-12-5-13(18)6-12/h7,12-13,18H,5-6,8-9H2,1-4H3. The second-order valence-electron chi connectivity index (χ2n) is 5.73. The minimum Gasteiger partial charge on any atom is -0.496 e. The van der Waals surface area contributed by atoms with Gasteiger partial charge in [-0.1, -0.05) is 0 Å². The summed E-state index contributed by atoms with van der Waals surface area (Å²) < 4.78 is 5.43. The van der Waals surface area contributed by atoms with Gasteiger partial charge in [0.15, 0.2) is 0 Å². The fraction of sp³-hybridized carbons (Fsp3) is 0.667. The van der Waals surface area contributed by atoms with E-state index < -0.39 is 0 Å². The quantitative estimate of drug-likeness (QED) is 0.882. The van der Waals surface area contributed by atoms with Crippen molar-refractivity contribution in [2.24, 2.45) is 5.92 Å². The van der Waals surface area contributed by atoms with Crippen molar-refractivity contribution in [3.8, 4) is 5.75 Å². The predicted octanol–water partition coefficient (Wildman–Crippen LogP) is 1.91. The van der Waals surface area contributed by atoms with Crippen molar-refractivity contribution >= 4 is 0 Å². The summed E-state index contributed by atoms with van der Waals surface area (Å²) in [5, 5.41) is 9.32. The molecule has 1 saturated carbocycles. The average Bonchev–Trinajstić information content (AvgIpc) is 2.32. The molecule has 0 radical (unpaired) electrons. The first-order valence-electron chi connectivity index (χ1n) is 6.87. The summed E-state index contributed by atoms with van der Waals surface area (Å²) in [6.07, 6.45) is 3.68. The Bertz CT molecular complexity index is 442. The SMILES string of the molecule is COc1c(C)cnc(CN(C)CC2CC(O)C2)c1C. The first-order chi connectivity index (χ1) is 9.01. The number of hydrogen-bond acceptors (Lipinski definition) is 4. The third kappa shape index (κ3) is 3.25. The smallest absolute Gasteiger partial charge is 0.128 e. The lowest BCUT2D eigenvalue weighted by Gasteiger charge is -2.34. The number of hydrogen-bond donors (Lipinski definition) is 1. The van der Waals surface area contributed by atoms with Gasteiger partial charge in [-0.25, -0.2) is 0 Å². The molecule has 4 nitrogen and oxygen atoms in total. The number of ether oxygens (including phenoxy) is 1. The van der Waals surface area contributed by atoms with Crippen molar-refractivity contribution in [2.45, 2.75) is 39.3 Å². The van der Waals surface area contributed by atoms with Crippen LogP contribution >= 0.6 is 0 Å². The van der Waals surface area contributed by atoms with Crippen molar-refractivity contribution in [3.05, 3.63) is 23.0 Å². The summed E-state index contributed by atoms with van der Waals surface area (Å²) in [6, 6.07) is 0. The fourth-order valence-corrected chi connectivity index (χ4v) is 2.84. The molecular formula is C15H24N2O2. The van der Waals surface area contributed by atoms with Crippen LogP contribution in [0.15, 0.2) is 6.20 Å². The molecule has 19 heavy (non-hydrogen) atoms. The predicted molar refractivity (Wildman–Crippen MR) is 75.3 cm³/mol. The second kappa shape index (κ2) is 5.88. The maximum absolute atomic E-state index is 9.32. The lowest BCUT2D eigenvalue weighted by Crippen LogP contribution is -2.37. The van der Waals surface area contributed by atoms with E-state index in [0.717, 1.165) is 48.5 Å². The van der Waals surface area contributed by atoms with E-state index in [4.69, 9.17) is 4.74 Å². The Labute approximate surface area is 115 Å². The maximum Gasteiger partial charge on any atom is 0.128 e. The van der Waals surface area contributed by atoms with Gasteiger partial charge in [0.2, 0.25) is 0 Å². The van der Waals surface area contributed by atoms with E-state index in [2.05, 4.69) is 23.9 Å². The monoisotopic (exact) mass is 264 g/mol. The lowest BCUT2D eigenvalue weighted by molar-refractivity contribution is 0.0272. The topological polar surface area (TPSA) is 45.6 Å². The molecular weight excluding hydrogens is 240 g/mol. The first-order valence-corrected chi connectivity index (χ1v) is 6.87. The highest BCUT2D eigenvalue weighted by Gasteiger charge is 2.28. The van der Waals surface area contributed by atoms with Crippen molar-refractivity contribution < 1.29 is 9.84 Å². The summed E-state index contributed by atoms with van der Waals surface area (Å²) >= 11 is 0. The van der Waals surface area contributed by atoms with Gasteiger partial charge < -0.3 is 14.7 Å². The summed E-state index contributed by atoms with van der Waals surface area (Å²) in [4.78, 5) is 6.80. The van der Waals surface area contributed by atoms with Crippen LogP contribution in [0.4, 0.5) is 0 Å². The number of aryl methyl sites for hydroxylation is 1. The molecule has 1 aliphatic rings. The number of aliphatic hydroxyl groups is 1. The molecule has 1 fully saturated rings. The Hall–Kier alpha value is -1.13. The number of aliphatic hydroxyl groups excluding tert-OH is 1. The average molecular weight is 264 g/mol. The normalized spacial score (nSPS) is 22.4. The number of methoxy groups -OCH3 is 1. The Morgan fingerprint density at radius 3 is 2.68 bits per heavy atom. The minimum absolute atomic E-state index is 0.0715. The molecule has 1 aliphatic carbocycles. The summed E-state index contributed by atoms with van der Waals surface area (Å²) in [5.74, 6) is 1.57. The molecule has 1 aromatic rings. The third-order valence-corrected chi connectivity index (χ3v) is 3.95. The lowest BCUT2D eigenvalue weighted by atomic mass is 9.82. The van der Waals surface area contributed by atoms with Gasteiger partial charge in [0.25, 0.3) is 0 Å². The second-order valence-corrected chi connectivity index (χ2v) is 5.73. The Morgan fingerprint density at radius 1 is 1.42 bits per heavy atom. The van der Waals surface area contributed by atoms with E-state index in [0.29, 0.717) is 5.92 Å². The van der Waals surface area contributed by atoms with Crippen LogP contribution in [-0.2, 0) is 6.54 Å². The van der Waals surface area contributed by atoms with Crippen LogP contribution in [0.1, 0.15) is 29.7 Å². The van der Waals surface area contributed by atoms with E-state index in [1.54, 1.807) is 7.11 Å². The van der Waals surface area contributed by atoms with Crippen LogP contribution in [0.3, 0.4) is 0 Å². The van der Waals surface area contributed by atoms with Crippen LogP contribution in [0, 0.1) is 19.8 Å². The van der Waals surface area contributed by atoms with Crippen molar-refractivity contribution in [1.29, 1.82) is 0 Å². The van der Waals surface area contributed by atoms with Crippen molar-refractivity contribution in [2.75, 3.05) is 20.7 Å². The Morgan fingerprint density at radius 2 is 2.11 bits per heavy atom. The van der Waals surface area contributed by atoms with Crippen LogP contribution in [0.2, 0.25) is 0 Å². The largest absolute Gasteiger partial charge is 0.496 e. The first kappa shape index (κ1) is 14.3. The zero-order valence-corrected chi connectivity index (χ0v) is 12.3. The molecule has 4 heteroatoms. The van der Waals surface area contributed by atoms with Gasteiger partial charge in [-0.15, -0.1) is 0 Å². The number of aromatic nitrogens is 1. The summed E-state index contributed by atoms with van der Waals surface area (Å²) in [7, 11) is 3.82. The highest BCUT2D eigenvalue weighted by Crippen LogP contribution is 2.29. The van der Waals surface area contributed by atoms with Crippen LogP contribution in [-0.4, -0.2) is 41.8 Å². The Balaban J connectivity index is 1.98. The van der Waals surface area contributed by atoms with E-state index >= 15 is 0 Å². The molecule has 1 N–H and O–H groups in total. The molecule has 2 rings (SSSR count). The van der Waals surface area contributed by atoms with Gasteiger partial charge in [0.05, 0.1) is 18.9 Å². The molecule has 0 spiro atoms. The van der Waals surface area contributed by atoms with Gasteiger partial charge in [0.1, 0.15) is 5.75 Å². The van der Waals surface area contributed by atoms with E-state index in [1.165, 1.54) is 0 Å². The molecule has 0 aliphatic heterocycles. The zero-order chi connectivity index (χ0) is 14.0. The summed E-state index contributed by atoms with van der Waals surface area (Å²) in [6.45, 7) is 5.93. The van der Waals surface area contributed by atoms with Gasteiger partial charge in [-0.3, -0.25) is 4.98 Å². The Kier molecular flexibility index (Phi) is 4.42. The van der Waals surface area contributed by atoms with Gasteiger partial charge in [-0.2, -0.15) is 0 Å². The minimum atomic E-state index is -0.0715. The highest BCUT2D eigenvalue weighted by molar-refractivity contribution is 5.40. The van der Waals surface area contributed by atoms with Gasteiger partial charge in [0, 0.05) is 30.4 Å². The molecule has 1 aromatic heterocycles. The number of pyridine rings is 1. The number of rotatable bonds is 5. The van der Waals surface area contributed by atoms with Gasteiger partial charge >= 0.3 is 0 Å². The van der Waals surface area contributed by atoms with Crippen molar-refractivity contribution in [1.82, 2.24) is 9.88 Å². The molecule has 106 valence electrons. The molecule has 0 saturated heterocycles. The third-order valence-electron chi connectivity index (χ3n) is 3.95. The molecule has 0 bridgehead atoms. The van der Waals surface area contributed by atoms with E-state index in [-0.39, 0.29) is 6.10 Å². The summed E-state index contributed by atoms with van der Waals surface area (Å²) in [5.41, 5.74) is 3.28. The zero-order valence-electron chi connectivity index (χ0n) is 12.3. The molecule has 1 heterocycles. The van der Waals surface area contributed by atoms with E-state index in [1.807, 2.05) is 13.1 Å². The molecule has 0 aromatic carbocycles. The molecule has 0 unspecified atom stereocenters. The van der Waals surface area contributed by atoms with Crippen LogP contribution in [0.5, 0.6) is 5.75 Å². The fourth-order valence-electron chi connectivity index (χ4n) is 2.84. The van der Waals surface area contributed by atoms with Crippen molar-refractivity contribution in [3.63, 3.8) is 0 Å².